The Balaban J connectivity index is 1.75. The first-order chi connectivity index (χ1) is 12.3. The second-order valence-electron chi connectivity index (χ2n) is 5.40. The van der Waals surface area contributed by atoms with Gasteiger partial charge in [-0.3, -0.25) is 4.72 Å². The summed E-state index contributed by atoms with van der Waals surface area (Å²) in [6, 6.07) is 12.9. The molecule has 0 aliphatic rings. The zero-order valence-corrected chi connectivity index (χ0v) is 15.1. The summed E-state index contributed by atoms with van der Waals surface area (Å²) in [6.45, 7) is 1.86. The molecule has 9 heteroatoms. The summed E-state index contributed by atoms with van der Waals surface area (Å²) in [4.78, 5) is -0.0718. The number of nitrogens with zero attached hydrogens (tertiary/aromatic N) is 2. The largest absolute Gasteiger partial charge is 0.338 e. The van der Waals surface area contributed by atoms with E-state index in [0.717, 1.165) is 23.4 Å². The molecule has 0 aliphatic carbocycles. The van der Waals surface area contributed by atoms with Crippen molar-refractivity contribution in [2.45, 2.75) is 11.8 Å². The number of rotatable bonds is 5. The molecule has 0 amide bonds. The van der Waals surface area contributed by atoms with Gasteiger partial charge in [-0.2, -0.15) is 0 Å². The van der Waals surface area contributed by atoms with Crippen molar-refractivity contribution in [3.05, 3.63) is 71.0 Å². The van der Waals surface area contributed by atoms with Crippen molar-refractivity contribution in [1.82, 2.24) is 10.2 Å². The van der Waals surface area contributed by atoms with E-state index in [1.165, 1.54) is 18.2 Å². The predicted molar refractivity (Wildman–Crippen MR) is 98.7 cm³/mol. The molecule has 0 unspecified atom stereocenters. The number of aromatic nitrogens is 2. The fourth-order valence-electron chi connectivity index (χ4n) is 2.14. The molecule has 26 heavy (non-hydrogen) atoms. The van der Waals surface area contributed by atoms with Crippen LogP contribution in [0.4, 0.5) is 21.7 Å². The van der Waals surface area contributed by atoms with Crippen LogP contribution in [0.25, 0.3) is 0 Å². The van der Waals surface area contributed by atoms with Gasteiger partial charge >= 0.3 is 0 Å². The minimum Gasteiger partial charge on any atom is -0.338 e. The zero-order valence-electron chi connectivity index (χ0n) is 13.6. The summed E-state index contributed by atoms with van der Waals surface area (Å²) in [5.74, 6) is -0.0433. The van der Waals surface area contributed by atoms with E-state index in [-0.39, 0.29) is 10.7 Å². The van der Waals surface area contributed by atoms with Crippen molar-refractivity contribution in [2.75, 3.05) is 10.0 Å². The fourth-order valence-corrected chi connectivity index (χ4v) is 3.32. The highest BCUT2D eigenvalue weighted by molar-refractivity contribution is 7.92. The summed E-state index contributed by atoms with van der Waals surface area (Å²) < 4.78 is 39.7. The van der Waals surface area contributed by atoms with Gasteiger partial charge in [0.15, 0.2) is 11.6 Å². The molecule has 3 rings (SSSR count). The van der Waals surface area contributed by atoms with Crippen molar-refractivity contribution in [2.24, 2.45) is 0 Å². The Kier molecular flexibility index (Phi) is 5.06. The number of hydrogen-bond donors (Lipinski definition) is 2. The highest BCUT2D eigenvalue weighted by Gasteiger charge is 2.15. The van der Waals surface area contributed by atoms with E-state index < -0.39 is 15.8 Å². The van der Waals surface area contributed by atoms with Crippen molar-refractivity contribution >= 4 is 38.9 Å². The lowest BCUT2D eigenvalue weighted by Crippen LogP contribution is -2.14. The number of benzene rings is 2. The third-order valence-electron chi connectivity index (χ3n) is 3.56. The molecule has 0 fully saturated rings. The maximum Gasteiger partial charge on any atom is 0.263 e. The predicted octanol–water partition coefficient (Wildman–Crippen LogP) is 4.12. The molecule has 0 aliphatic heterocycles. The second kappa shape index (κ2) is 7.27. The van der Waals surface area contributed by atoms with Crippen molar-refractivity contribution in [3.8, 4) is 0 Å². The smallest absolute Gasteiger partial charge is 0.263 e. The van der Waals surface area contributed by atoms with Gasteiger partial charge in [0.1, 0.15) is 5.82 Å². The lowest BCUT2D eigenvalue weighted by Gasteiger charge is -2.10. The topological polar surface area (TPSA) is 84.0 Å². The summed E-state index contributed by atoms with van der Waals surface area (Å²) in [5, 5.41) is 11.5. The molecule has 2 aromatic carbocycles. The Morgan fingerprint density at radius 1 is 0.962 bits per heavy atom. The first kappa shape index (κ1) is 18.1. The van der Waals surface area contributed by atoms with Crippen LogP contribution >= 0.6 is 11.6 Å². The number of halogens is 2. The Morgan fingerprint density at radius 2 is 1.62 bits per heavy atom. The number of hydrogen-bond acceptors (Lipinski definition) is 5. The fraction of sp³-hybridized carbons (Fsp3) is 0.0588. The van der Waals surface area contributed by atoms with Crippen molar-refractivity contribution in [3.63, 3.8) is 0 Å². The van der Waals surface area contributed by atoms with Crippen LogP contribution < -0.4 is 10.0 Å². The molecule has 0 radical (unpaired) electrons. The average molecular weight is 393 g/mol. The molecule has 0 bridgehead atoms. The highest BCUT2D eigenvalue weighted by atomic mass is 35.5. The van der Waals surface area contributed by atoms with E-state index in [9.17, 15) is 12.8 Å². The van der Waals surface area contributed by atoms with Crippen LogP contribution in [0.15, 0.2) is 59.5 Å². The van der Waals surface area contributed by atoms with Crippen LogP contribution in [-0.4, -0.2) is 18.6 Å². The molecule has 0 atom stereocenters. The van der Waals surface area contributed by atoms with Gasteiger partial charge < -0.3 is 5.32 Å². The molecule has 134 valence electrons. The molecule has 6 nitrogen and oxygen atoms in total. The number of anilines is 3. The zero-order chi connectivity index (χ0) is 18.7. The maximum absolute atomic E-state index is 12.9. The molecule has 3 aromatic rings. The first-order valence-corrected chi connectivity index (χ1v) is 9.35. The normalized spacial score (nSPS) is 11.2. The molecular formula is C17H14ClFN4O2S. The number of nitrogens with one attached hydrogen (secondary N) is 2. The van der Waals surface area contributed by atoms with Crippen LogP contribution in [0.2, 0.25) is 5.02 Å². The summed E-state index contributed by atoms with van der Waals surface area (Å²) >= 11 is 6.07. The monoisotopic (exact) mass is 392 g/mol. The van der Waals surface area contributed by atoms with Crippen LogP contribution in [0, 0.1) is 12.7 Å². The first-order valence-electron chi connectivity index (χ1n) is 7.49. The molecule has 2 N–H and O–H groups in total. The molecule has 0 spiro atoms. The quantitative estimate of drug-likeness (QED) is 0.682. The summed E-state index contributed by atoms with van der Waals surface area (Å²) in [6.07, 6.45) is 0. The van der Waals surface area contributed by atoms with E-state index in [1.807, 2.05) is 13.0 Å². The van der Waals surface area contributed by atoms with Crippen molar-refractivity contribution in [1.29, 1.82) is 0 Å². The Bertz CT molecular complexity index is 1030. The Labute approximate surface area is 155 Å². The third kappa shape index (κ3) is 4.09. The van der Waals surface area contributed by atoms with Gasteiger partial charge in [-0.1, -0.05) is 17.7 Å². The van der Waals surface area contributed by atoms with Crippen LogP contribution in [0.1, 0.15) is 5.56 Å². The van der Waals surface area contributed by atoms with Gasteiger partial charge in [-0.05, 0) is 61.0 Å². The van der Waals surface area contributed by atoms with E-state index in [0.29, 0.717) is 10.8 Å². The molecule has 0 saturated heterocycles. The Morgan fingerprint density at radius 3 is 2.27 bits per heavy atom. The van der Waals surface area contributed by atoms with Crippen LogP contribution in [0.3, 0.4) is 0 Å². The average Bonchev–Trinajstić information content (AvgIpc) is 2.61. The minimum atomic E-state index is -3.87. The third-order valence-corrected chi connectivity index (χ3v) is 5.34. The number of sulfonamides is 1. The van der Waals surface area contributed by atoms with E-state index in [1.54, 1.807) is 18.2 Å². The lowest BCUT2D eigenvalue weighted by atomic mass is 10.2. The van der Waals surface area contributed by atoms with Crippen LogP contribution in [-0.2, 0) is 10.0 Å². The van der Waals surface area contributed by atoms with E-state index in [4.69, 9.17) is 11.6 Å². The van der Waals surface area contributed by atoms with Gasteiger partial charge in [-0.15, -0.1) is 10.2 Å². The van der Waals surface area contributed by atoms with Gasteiger partial charge in [0.2, 0.25) is 0 Å². The second-order valence-corrected chi connectivity index (χ2v) is 7.49. The summed E-state index contributed by atoms with van der Waals surface area (Å²) in [5.41, 5.74) is 1.63. The Hall–Kier alpha value is -2.71. The molecular weight excluding hydrogens is 379 g/mol. The van der Waals surface area contributed by atoms with Gasteiger partial charge in [0.25, 0.3) is 10.0 Å². The van der Waals surface area contributed by atoms with E-state index in [2.05, 4.69) is 20.2 Å². The van der Waals surface area contributed by atoms with Gasteiger partial charge in [0, 0.05) is 10.7 Å². The minimum absolute atomic E-state index is 0.0442. The maximum atomic E-state index is 12.9. The SMILES string of the molecule is Cc1c(Cl)cccc1Nc1ccc(NS(=O)(=O)c2ccc(F)cc2)nn1. The van der Waals surface area contributed by atoms with Crippen LogP contribution in [0.5, 0.6) is 0 Å². The van der Waals surface area contributed by atoms with Gasteiger partial charge in [0.05, 0.1) is 4.90 Å². The standard InChI is InChI=1S/C17H14ClFN4O2S/c1-11-14(18)3-2-4-15(11)20-16-9-10-17(22-21-16)23-26(24,25)13-7-5-12(19)6-8-13/h2-10H,1H3,(H,20,21)(H,22,23). The van der Waals surface area contributed by atoms with Gasteiger partial charge in [-0.25, -0.2) is 12.8 Å². The molecule has 0 saturated carbocycles. The molecule has 1 aromatic heterocycles. The lowest BCUT2D eigenvalue weighted by molar-refractivity contribution is 0.599. The highest BCUT2D eigenvalue weighted by Crippen LogP contribution is 2.25. The van der Waals surface area contributed by atoms with E-state index >= 15 is 0 Å². The van der Waals surface area contributed by atoms with Crippen molar-refractivity contribution < 1.29 is 12.8 Å². The summed E-state index contributed by atoms with van der Waals surface area (Å²) in [7, 11) is -3.87. The molecule has 1 heterocycles.